The number of aromatic nitrogens is 1. The fourth-order valence-electron chi connectivity index (χ4n) is 1.55. The van der Waals surface area contributed by atoms with Gasteiger partial charge in [-0.25, -0.2) is 0 Å². The molecule has 1 aromatic rings. The summed E-state index contributed by atoms with van der Waals surface area (Å²) in [4.78, 5) is 33.1. The zero-order chi connectivity index (χ0) is 15.0. The zero-order valence-electron chi connectivity index (χ0n) is 11.7. The molecule has 0 fully saturated rings. The Hall–Kier alpha value is -1.93. The second-order valence-corrected chi connectivity index (χ2v) is 4.21. The highest BCUT2D eigenvalue weighted by Crippen LogP contribution is 2.05. The summed E-state index contributed by atoms with van der Waals surface area (Å²) in [5.41, 5.74) is -0.670. The Labute approximate surface area is 128 Å². The first-order valence-electron chi connectivity index (χ1n) is 6.37. The molecular weight excluding hydrogens is 300 g/mol. The predicted octanol–water partition coefficient (Wildman–Crippen LogP) is 0.294. The van der Waals surface area contributed by atoms with Crippen LogP contribution in [0.4, 0.5) is 5.69 Å². The first-order chi connectivity index (χ1) is 9.54. The monoisotopic (exact) mass is 318 g/mol. The number of pyridine rings is 1. The number of rotatable bonds is 8. The number of halogens is 1. The van der Waals surface area contributed by atoms with Gasteiger partial charge in [0.15, 0.2) is 0 Å². The minimum absolute atomic E-state index is 0. The van der Waals surface area contributed by atoms with Crippen LogP contribution in [0.1, 0.15) is 13.3 Å². The van der Waals surface area contributed by atoms with Crippen LogP contribution in [0.3, 0.4) is 0 Å². The second-order valence-electron chi connectivity index (χ2n) is 4.21. The van der Waals surface area contributed by atoms with Gasteiger partial charge in [-0.3, -0.25) is 24.3 Å². The molecule has 0 aromatic carbocycles. The maximum Gasteiger partial charge on any atom is 0.285 e. The average Bonchev–Trinajstić information content (AvgIpc) is 2.40. The van der Waals surface area contributed by atoms with Gasteiger partial charge in [0.2, 0.25) is 5.91 Å². The van der Waals surface area contributed by atoms with Crippen LogP contribution in [0.15, 0.2) is 23.1 Å². The molecule has 0 atom stereocenters. The van der Waals surface area contributed by atoms with Gasteiger partial charge in [0.05, 0.1) is 11.1 Å². The van der Waals surface area contributed by atoms with Gasteiger partial charge >= 0.3 is 0 Å². The average molecular weight is 319 g/mol. The molecule has 1 aromatic heterocycles. The summed E-state index contributed by atoms with van der Waals surface area (Å²) in [7, 11) is 0. The molecule has 21 heavy (non-hydrogen) atoms. The molecule has 0 bridgehead atoms. The molecule has 0 aliphatic heterocycles. The SMILES string of the molecule is CCCNCCNC(=O)Cn1cc([N+](=O)[O-])ccc1=O.Cl. The number of nitrogens with one attached hydrogen (secondary N) is 2. The lowest BCUT2D eigenvalue weighted by Crippen LogP contribution is -2.36. The Balaban J connectivity index is 0.00000400. The largest absolute Gasteiger partial charge is 0.353 e. The summed E-state index contributed by atoms with van der Waals surface area (Å²) in [5.74, 6) is -0.356. The van der Waals surface area contributed by atoms with Crippen LogP contribution in [0.2, 0.25) is 0 Å². The second kappa shape index (κ2) is 9.89. The molecule has 0 aliphatic carbocycles. The van der Waals surface area contributed by atoms with Gasteiger partial charge in [-0.1, -0.05) is 6.92 Å². The molecule has 0 saturated heterocycles. The van der Waals surface area contributed by atoms with Crippen LogP contribution < -0.4 is 16.2 Å². The van der Waals surface area contributed by atoms with E-state index in [1.165, 1.54) is 0 Å². The fourth-order valence-corrected chi connectivity index (χ4v) is 1.55. The lowest BCUT2D eigenvalue weighted by molar-refractivity contribution is -0.385. The molecule has 0 spiro atoms. The van der Waals surface area contributed by atoms with Crippen LogP contribution in [0, 0.1) is 10.1 Å². The number of carbonyl (C=O) groups is 1. The minimum Gasteiger partial charge on any atom is -0.353 e. The molecule has 0 unspecified atom stereocenters. The number of carbonyl (C=O) groups excluding carboxylic acids is 1. The quantitative estimate of drug-likeness (QED) is 0.407. The molecule has 1 rings (SSSR count). The van der Waals surface area contributed by atoms with Crippen molar-refractivity contribution >= 4 is 24.0 Å². The summed E-state index contributed by atoms with van der Waals surface area (Å²) >= 11 is 0. The molecular formula is C12H19ClN4O4. The third-order valence-corrected chi connectivity index (χ3v) is 2.54. The summed E-state index contributed by atoms with van der Waals surface area (Å²) in [6.07, 6.45) is 2.08. The molecule has 8 nitrogen and oxygen atoms in total. The summed E-state index contributed by atoms with van der Waals surface area (Å²) in [5, 5.41) is 16.4. The van der Waals surface area contributed by atoms with Gasteiger partial charge in [-0.05, 0) is 13.0 Å². The highest BCUT2D eigenvalue weighted by atomic mass is 35.5. The Bertz CT molecular complexity index is 532. The van der Waals surface area contributed by atoms with Crippen molar-refractivity contribution in [1.82, 2.24) is 15.2 Å². The first kappa shape index (κ1) is 19.1. The molecule has 0 saturated carbocycles. The van der Waals surface area contributed by atoms with E-state index in [2.05, 4.69) is 10.6 Å². The lowest BCUT2D eigenvalue weighted by Gasteiger charge is -2.07. The van der Waals surface area contributed by atoms with E-state index in [4.69, 9.17) is 0 Å². The minimum atomic E-state index is -0.609. The van der Waals surface area contributed by atoms with Crippen LogP contribution in [-0.4, -0.2) is 35.0 Å². The highest BCUT2D eigenvalue weighted by Gasteiger charge is 2.10. The van der Waals surface area contributed by atoms with E-state index in [0.717, 1.165) is 35.9 Å². The number of hydrogen-bond acceptors (Lipinski definition) is 5. The standard InChI is InChI=1S/C12H18N4O4.ClH/c1-2-5-13-6-7-14-11(17)9-15-8-10(16(19)20)3-4-12(15)18;/h3-4,8,13H,2,5-7,9H2,1H3,(H,14,17);1H. The predicted molar refractivity (Wildman–Crippen MR) is 80.8 cm³/mol. The van der Waals surface area contributed by atoms with E-state index in [1.54, 1.807) is 0 Å². The smallest absolute Gasteiger partial charge is 0.285 e. The Morgan fingerprint density at radius 1 is 1.33 bits per heavy atom. The molecule has 118 valence electrons. The Morgan fingerprint density at radius 2 is 2.05 bits per heavy atom. The molecule has 0 radical (unpaired) electrons. The topological polar surface area (TPSA) is 106 Å². The van der Waals surface area contributed by atoms with Gasteiger partial charge in [0, 0.05) is 25.2 Å². The van der Waals surface area contributed by atoms with Crippen molar-refractivity contribution in [3.8, 4) is 0 Å². The summed E-state index contributed by atoms with van der Waals surface area (Å²) in [6, 6.07) is 2.19. The van der Waals surface area contributed by atoms with E-state index in [1.807, 2.05) is 6.92 Å². The number of nitrogens with zero attached hydrogens (tertiary/aromatic N) is 2. The van der Waals surface area contributed by atoms with E-state index in [-0.39, 0.29) is 30.5 Å². The van der Waals surface area contributed by atoms with Crippen molar-refractivity contribution in [2.24, 2.45) is 0 Å². The number of amides is 1. The van der Waals surface area contributed by atoms with E-state index in [9.17, 15) is 19.7 Å². The molecule has 2 N–H and O–H groups in total. The maximum atomic E-state index is 11.6. The van der Waals surface area contributed by atoms with Crippen molar-refractivity contribution in [1.29, 1.82) is 0 Å². The van der Waals surface area contributed by atoms with Crippen molar-refractivity contribution in [3.63, 3.8) is 0 Å². The van der Waals surface area contributed by atoms with Crippen LogP contribution in [-0.2, 0) is 11.3 Å². The molecule has 1 amide bonds. The Kier molecular flexibility index (Phi) is 8.98. The third-order valence-electron chi connectivity index (χ3n) is 2.54. The number of nitro groups is 1. The maximum absolute atomic E-state index is 11.6. The fraction of sp³-hybridized carbons (Fsp3) is 0.500. The van der Waals surface area contributed by atoms with Crippen molar-refractivity contribution in [2.45, 2.75) is 19.9 Å². The zero-order valence-corrected chi connectivity index (χ0v) is 12.5. The first-order valence-corrected chi connectivity index (χ1v) is 6.37. The molecule has 1 heterocycles. The number of hydrogen-bond donors (Lipinski definition) is 2. The van der Waals surface area contributed by atoms with E-state index >= 15 is 0 Å². The van der Waals surface area contributed by atoms with Crippen molar-refractivity contribution in [2.75, 3.05) is 19.6 Å². The molecule has 0 aliphatic rings. The summed E-state index contributed by atoms with van der Waals surface area (Å²) in [6.45, 7) is 3.78. The van der Waals surface area contributed by atoms with Gasteiger partial charge in [-0.2, -0.15) is 0 Å². The van der Waals surface area contributed by atoms with Gasteiger partial charge in [0.1, 0.15) is 6.54 Å². The van der Waals surface area contributed by atoms with Gasteiger partial charge < -0.3 is 10.6 Å². The highest BCUT2D eigenvalue weighted by molar-refractivity contribution is 5.85. The Morgan fingerprint density at radius 3 is 2.67 bits per heavy atom. The van der Waals surface area contributed by atoms with Crippen LogP contribution in [0.5, 0.6) is 0 Å². The van der Waals surface area contributed by atoms with Gasteiger partial charge in [-0.15, -0.1) is 12.4 Å². The molecule has 9 heteroatoms. The van der Waals surface area contributed by atoms with Gasteiger partial charge in [0.25, 0.3) is 11.2 Å². The van der Waals surface area contributed by atoms with Crippen LogP contribution in [0.25, 0.3) is 0 Å². The van der Waals surface area contributed by atoms with Crippen LogP contribution >= 0.6 is 12.4 Å². The van der Waals surface area contributed by atoms with Crippen molar-refractivity contribution < 1.29 is 9.72 Å². The van der Waals surface area contributed by atoms with E-state index < -0.39 is 10.5 Å². The summed E-state index contributed by atoms with van der Waals surface area (Å²) < 4.78 is 1.02. The lowest BCUT2D eigenvalue weighted by atomic mass is 10.4. The third kappa shape index (κ3) is 6.87. The normalized spacial score (nSPS) is 9.76. The van der Waals surface area contributed by atoms with E-state index in [0.29, 0.717) is 13.1 Å². The van der Waals surface area contributed by atoms with Crippen molar-refractivity contribution in [3.05, 3.63) is 38.8 Å².